The van der Waals surface area contributed by atoms with E-state index in [1.807, 2.05) is 58.0 Å². The molecule has 0 bridgehead atoms. The standard InChI is InChI=1S/C25H37N3O4S/c1-6-22(29)26-21-18-24(2,3)28(25(21,4)5)33(31,32)20-14-16-27(17-15-20)23(30)13-12-19-10-8-7-9-11-19/h6-11,20-21H,1,12-18H2,2-5H3,(H,26,29). The predicted molar refractivity (Wildman–Crippen MR) is 130 cm³/mol. The van der Waals surface area contributed by atoms with Crippen molar-refractivity contribution in [3.05, 3.63) is 48.6 Å². The maximum absolute atomic E-state index is 13.8. The number of aryl methyl sites for hydroxylation is 1. The molecule has 0 aliphatic carbocycles. The van der Waals surface area contributed by atoms with Gasteiger partial charge in [-0.05, 0) is 65.0 Å². The Morgan fingerprint density at radius 2 is 1.73 bits per heavy atom. The lowest BCUT2D eigenvalue weighted by molar-refractivity contribution is -0.132. The molecule has 0 saturated carbocycles. The van der Waals surface area contributed by atoms with Crippen LogP contribution < -0.4 is 5.32 Å². The molecule has 0 radical (unpaired) electrons. The van der Waals surface area contributed by atoms with E-state index in [9.17, 15) is 18.0 Å². The normalized spacial score (nSPS) is 23.3. The Morgan fingerprint density at radius 1 is 1.12 bits per heavy atom. The van der Waals surface area contributed by atoms with Crippen molar-refractivity contribution in [3.8, 4) is 0 Å². The summed E-state index contributed by atoms with van der Waals surface area (Å²) in [6.45, 7) is 12.0. The first kappa shape index (κ1) is 25.4. The molecule has 182 valence electrons. The maximum Gasteiger partial charge on any atom is 0.243 e. The van der Waals surface area contributed by atoms with E-state index < -0.39 is 26.4 Å². The highest BCUT2D eigenvalue weighted by Gasteiger charge is 2.58. The third-order valence-electron chi connectivity index (χ3n) is 7.07. The average Bonchev–Trinajstić information content (AvgIpc) is 2.95. The third-order valence-corrected chi connectivity index (χ3v) is 9.86. The number of carbonyl (C=O) groups is 2. The van der Waals surface area contributed by atoms with Gasteiger partial charge in [-0.2, -0.15) is 4.31 Å². The summed E-state index contributed by atoms with van der Waals surface area (Å²) in [5, 5.41) is 2.37. The predicted octanol–water partition coefficient (Wildman–Crippen LogP) is 2.87. The third kappa shape index (κ3) is 5.32. The summed E-state index contributed by atoms with van der Waals surface area (Å²) >= 11 is 0. The number of benzene rings is 1. The summed E-state index contributed by atoms with van der Waals surface area (Å²) in [6, 6.07) is 9.59. The van der Waals surface area contributed by atoms with Crippen molar-refractivity contribution in [1.29, 1.82) is 0 Å². The fourth-order valence-corrected chi connectivity index (χ4v) is 8.14. The molecule has 7 nitrogen and oxygen atoms in total. The molecule has 2 heterocycles. The van der Waals surface area contributed by atoms with Gasteiger partial charge in [0.15, 0.2) is 0 Å². The number of hydrogen-bond acceptors (Lipinski definition) is 4. The molecule has 8 heteroatoms. The molecule has 2 saturated heterocycles. The Morgan fingerprint density at radius 3 is 2.30 bits per heavy atom. The molecule has 0 spiro atoms. The summed E-state index contributed by atoms with van der Waals surface area (Å²) < 4.78 is 29.2. The molecular formula is C25H37N3O4S. The number of carbonyl (C=O) groups excluding carboxylic acids is 2. The van der Waals surface area contributed by atoms with E-state index in [4.69, 9.17) is 0 Å². The molecule has 1 aromatic carbocycles. The minimum absolute atomic E-state index is 0.0729. The Kier molecular flexibility index (Phi) is 7.39. The monoisotopic (exact) mass is 475 g/mol. The maximum atomic E-state index is 13.8. The van der Waals surface area contributed by atoms with Crippen LogP contribution in [0.15, 0.2) is 43.0 Å². The Bertz CT molecular complexity index is 980. The number of sulfonamides is 1. The van der Waals surface area contributed by atoms with Gasteiger partial charge in [-0.15, -0.1) is 0 Å². The summed E-state index contributed by atoms with van der Waals surface area (Å²) in [5.74, 6) is -0.228. The highest BCUT2D eigenvalue weighted by molar-refractivity contribution is 7.89. The van der Waals surface area contributed by atoms with Crippen molar-refractivity contribution in [2.45, 2.75) is 82.2 Å². The number of rotatable bonds is 7. The fourth-order valence-electron chi connectivity index (χ4n) is 5.49. The lowest BCUT2D eigenvalue weighted by Gasteiger charge is -2.43. The highest BCUT2D eigenvalue weighted by Crippen LogP contribution is 2.45. The van der Waals surface area contributed by atoms with Gasteiger partial charge in [0.25, 0.3) is 0 Å². The average molecular weight is 476 g/mol. The van der Waals surface area contributed by atoms with Crippen LogP contribution in [0.5, 0.6) is 0 Å². The second-order valence-corrected chi connectivity index (χ2v) is 12.4. The van der Waals surface area contributed by atoms with Gasteiger partial charge in [-0.3, -0.25) is 9.59 Å². The number of amides is 2. The van der Waals surface area contributed by atoms with E-state index in [1.54, 1.807) is 9.21 Å². The first-order chi connectivity index (χ1) is 15.4. The van der Waals surface area contributed by atoms with Gasteiger partial charge in [0, 0.05) is 31.1 Å². The van der Waals surface area contributed by atoms with Gasteiger partial charge in [0.2, 0.25) is 21.8 Å². The lowest BCUT2D eigenvalue weighted by atomic mass is 9.94. The SMILES string of the molecule is C=CC(=O)NC1CC(C)(C)N(S(=O)(=O)C2CCN(C(=O)CCc3ccccc3)CC2)C1(C)C. The second kappa shape index (κ2) is 9.58. The van der Waals surface area contributed by atoms with E-state index in [2.05, 4.69) is 11.9 Å². The van der Waals surface area contributed by atoms with E-state index in [0.717, 1.165) is 5.56 Å². The molecule has 3 rings (SSSR count). The second-order valence-electron chi connectivity index (χ2n) is 10.3. The quantitative estimate of drug-likeness (QED) is 0.615. The lowest BCUT2D eigenvalue weighted by Crippen LogP contribution is -2.59. The van der Waals surface area contributed by atoms with Crippen LogP contribution >= 0.6 is 0 Å². The van der Waals surface area contributed by atoms with Crippen LogP contribution in [0.4, 0.5) is 0 Å². The largest absolute Gasteiger partial charge is 0.348 e. The molecule has 1 aromatic rings. The van der Waals surface area contributed by atoms with Crippen molar-refractivity contribution in [2.24, 2.45) is 0 Å². The van der Waals surface area contributed by atoms with Crippen LogP contribution in [0.25, 0.3) is 0 Å². The summed E-state index contributed by atoms with van der Waals surface area (Å²) in [5.41, 5.74) is -0.284. The van der Waals surface area contributed by atoms with Gasteiger partial charge in [0.05, 0.1) is 10.8 Å². The first-order valence-corrected chi connectivity index (χ1v) is 13.2. The number of likely N-dealkylation sites (tertiary alicyclic amines) is 1. The van der Waals surface area contributed by atoms with E-state index in [-0.39, 0.29) is 17.9 Å². The van der Waals surface area contributed by atoms with Crippen LogP contribution in [0.3, 0.4) is 0 Å². The van der Waals surface area contributed by atoms with Gasteiger partial charge < -0.3 is 10.2 Å². The zero-order valence-corrected chi connectivity index (χ0v) is 21.0. The minimum Gasteiger partial charge on any atom is -0.348 e. The zero-order valence-electron chi connectivity index (χ0n) is 20.2. The van der Waals surface area contributed by atoms with Gasteiger partial charge in [0.1, 0.15) is 0 Å². The summed E-state index contributed by atoms with van der Waals surface area (Å²) in [6.07, 6.45) is 3.70. The molecule has 2 amide bonds. The summed E-state index contributed by atoms with van der Waals surface area (Å²) in [4.78, 5) is 26.4. The molecule has 0 aromatic heterocycles. The smallest absolute Gasteiger partial charge is 0.243 e. The van der Waals surface area contributed by atoms with E-state index >= 15 is 0 Å². The summed E-state index contributed by atoms with van der Waals surface area (Å²) in [7, 11) is -3.64. The number of nitrogens with zero attached hydrogens (tertiary/aromatic N) is 2. The van der Waals surface area contributed by atoms with E-state index in [0.29, 0.717) is 45.2 Å². The number of piperidine rings is 1. The van der Waals surface area contributed by atoms with Crippen LogP contribution in [-0.2, 0) is 26.0 Å². The molecule has 1 atom stereocenters. The van der Waals surface area contributed by atoms with Crippen LogP contribution in [0, 0.1) is 0 Å². The molecule has 1 N–H and O–H groups in total. The van der Waals surface area contributed by atoms with Gasteiger partial charge in [-0.1, -0.05) is 36.9 Å². The Hall–Kier alpha value is -2.19. The minimum atomic E-state index is -3.64. The van der Waals surface area contributed by atoms with Crippen molar-refractivity contribution < 1.29 is 18.0 Å². The van der Waals surface area contributed by atoms with Crippen molar-refractivity contribution in [2.75, 3.05) is 13.1 Å². The van der Waals surface area contributed by atoms with Crippen molar-refractivity contribution in [1.82, 2.24) is 14.5 Å². The van der Waals surface area contributed by atoms with Crippen LogP contribution in [0.1, 0.15) is 58.9 Å². The topological polar surface area (TPSA) is 86.8 Å². The molecule has 2 aliphatic heterocycles. The zero-order chi connectivity index (χ0) is 24.4. The van der Waals surface area contributed by atoms with Crippen molar-refractivity contribution in [3.63, 3.8) is 0 Å². The number of hydrogen-bond donors (Lipinski definition) is 1. The molecule has 1 unspecified atom stereocenters. The molecule has 33 heavy (non-hydrogen) atoms. The van der Waals surface area contributed by atoms with Gasteiger partial charge in [-0.25, -0.2) is 8.42 Å². The van der Waals surface area contributed by atoms with Crippen molar-refractivity contribution >= 4 is 21.8 Å². The Balaban J connectivity index is 1.65. The van der Waals surface area contributed by atoms with E-state index in [1.165, 1.54) is 6.08 Å². The Labute approximate surface area is 198 Å². The van der Waals surface area contributed by atoms with Gasteiger partial charge >= 0.3 is 0 Å². The fraction of sp³-hybridized carbons (Fsp3) is 0.600. The molecule has 2 fully saturated rings. The molecular weight excluding hydrogens is 438 g/mol. The molecule has 2 aliphatic rings. The van der Waals surface area contributed by atoms with Crippen LogP contribution in [-0.4, -0.2) is 64.9 Å². The first-order valence-electron chi connectivity index (χ1n) is 11.7. The number of nitrogens with one attached hydrogen (secondary N) is 1. The highest BCUT2D eigenvalue weighted by atomic mass is 32.2. The van der Waals surface area contributed by atoms with Crippen LogP contribution in [0.2, 0.25) is 0 Å².